The molecule has 5 heteroatoms. The molecule has 0 aliphatic heterocycles. The SMILES string of the molecule is Cc1ccc(C(C)C)cc1Oc1nc[nH]c(=O)c1Br. The minimum atomic E-state index is -0.261. The Morgan fingerprint density at radius 3 is 2.79 bits per heavy atom. The predicted molar refractivity (Wildman–Crippen MR) is 77.9 cm³/mol. The lowest BCUT2D eigenvalue weighted by Gasteiger charge is -2.12. The molecule has 1 aromatic heterocycles. The predicted octanol–water partition coefficient (Wildman–Crippen LogP) is 3.76. The molecule has 4 nitrogen and oxygen atoms in total. The van der Waals surface area contributed by atoms with Gasteiger partial charge in [0.15, 0.2) is 0 Å². The van der Waals surface area contributed by atoms with Gasteiger partial charge in [-0.2, -0.15) is 0 Å². The van der Waals surface area contributed by atoms with Crippen LogP contribution in [-0.2, 0) is 0 Å². The van der Waals surface area contributed by atoms with Crippen molar-refractivity contribution in [1.82, 2.24) is 9.97 Å². The lowest BCUT2D eigenvalue weighted by molar-refractivity contribution is 0.452. The quantitative estimate of drug-likeness (QED) is 0.936. The Hall–Kier alpha value is -1.62. The zero-order chi connectivity index (χ0) is 14.0. The average Bonchev–Trinajstić information content (AvgIpc) is 2.37. The Kier molecular flexibility index (Phi) is 4.04. The number of halogens is 1. The molecule has 0 saturated heterocycles. The normalized spacial score (nSPS) is 10.8. The van der Waals surface area contributed by atoms with E-state index in [1.165, 1.54) is 11.9 Å². The van der Waals surface area contributed by atoms with Gasteiger partial charge in [0.2, 0.25) is 5.88 Å². The Bertz CT molecular complexity index is 650. The fourth-order valence-corrected chi connectivity index (χ4v) is 1.93. The Morgan fingerprint density at radius 2 is 2.11 bits per heavy atom. The van der Waals surface area contributed by atoms with E-state index in [1.54, 1.807) is 0 Å². The highest BCUT2D eigenvalue weighted by Crippen LogP contribution is 2.29. The van der Waals surface area contributed by atoms with E-state index in [4.69, 9.17) is 4.74 Å². The van der Waals surface area contributed by atoms with Crippen LogP contribution in [0.4, 0.5) is 0 Å². The van der Waals surface area contributed by atoms with Crippen LogP contribution in [0.1, 0.15) is 30.9 Å². The summed E-state index contributed by atoms with van der Waals surface area (Å²) in [5, 5.41) is 0. The fourth-order valence-electron chi connectivity index (χ4n) is 1.63. The number of nitrogens with zero attached hydrogens (tertiary/aromatic N) is 1. The number of ether oxygens (including phenoxy) is 1. The largest absolute Gasteiger partial charge is 0.437 e. The third kappa shape index (κ3) is 3.04. The summed E-state index contributed by atoms with van der Waals surface area (Å²) >= 11 is 3.18. The van der Waals surface area contributed by atoms with Crippen molar-refractivity contribution >= 4 is 15.9 Å². The molecule has 19 heavy (non-hydrogen) atoms. The van der Waals surface area contributed by atoms with E-state index < -0.39 is 0 Å². The molecule has 0 bridgehead atoms. The molecular weight excluding hydrogens is 308 g/mol. The smallest absolute Gasteiger partial charge is 0.268 e. The van der Waals surface area contributed by atoms with Crippen LogP contribution >= 0.6 is 15.9 Å². The highest BCUT2D eigenvalue weighted by molar-refractivity contribution is 9.10. The molecule has 0 spiro atoms. The molecule has 0 aliphatic rings. The zero-order valence-corrected chi connectivity index (χ0v) is 12.6. The summed E-state index contributed by atoms with van der Waals surface area (Å²) in [7, 11) is 0. The third-order valence-corrected chi connectivity index (χ3v) is 3.55. The van der Waals surface area contributed by atoms with E-state index in [-0.39, 0.29) is 11.4 Å². The lowest BCUT2D eigenvalue weighted by atomic mass is 10.0. The topological polar surface area (TPSA) is 55.0 Å². The maximum atomic E-state index is 11.5. The second-order valence-electron chi connectivity index (χ2n) is 4.63. The molecule has 0 aliphatic carbocycles. The van der Waals surface area contributed by atoms with Crippen molar-refractivity contribution in [2.45, 2.75) is 26.7 Å². The third-order valence-electron chi connectivity index (χ3n) is 2.85. The van der Waals surface area contributed by atoms with Crippen molar-refractivity contribution in [3.63, 3.8) is 0 Å². The highest BCUT2D eigenvalue weighted by atomic mass is 79.9. The number of aryl methyl sites for hydroxylation is 1. The molecule has 0 saturated carbocycles. The second kappa shape index (κ2) is 5.57. The number of hydrogen-bond acceptors (Lipinski definition) is 3. The van der Waals surface area contributed by atoms with Gasteiger partial charge in [-0.25, -0.2) is 4.98 Å². The van der Waals surface area contributed by atoms with Crippen molar-refractivity contribution in [2.24, 2.45) is 0 Å². The molecule has 1 heterocycles. The van der Waals surface area contributed by atoms with Gasteiger partial charge in [0.1, 0.15) is 10.2 Å². The molecule has 1 N–H and O–H groups in total. The van der Waals surface area contributed by atoms with Crippen molar-refractivity contribution in [3.8, 4) is 11.6 Å². The number of aromatic nitrogens is 2. The molecule has 0 amide bonds. The monoisotopic (exact) mass is 322 g/mol. The van der Waals surface area contributed by atoms with Gasteiger partial charge in [-0.3, -0.25) is 4.79 Å². The summed E-state index contributed by atoms with van der Waals surface area (Å²) in [5.74, 6) is 1.40. The maximum absolute atomic E-state index is 11.5. The fraction of sp³-hybridized carbons (Fsp3) is 0.286. The molecule has 0 fully saturated rings. The van der Waals surface area contributed by atoms with Gasteiger partial charge in [0, 0.05) is 0 Å². The maximum Gasteiger partial charge on any atom is 0.268 e. The molecule has 0 radical (unpaired) electrons. The molecular formula is C14H15BrN2O2. The molecule has 0 atom stereocenters. The van der Waals surface area contributed by atoms with E-state index in [2.05, 4.69) is 45.8 Å². The first kappa shape index (κ1) is 13.8. The molecule has 2 rings (SSSR count). The summed E-state index contributed by atoms with van der Waals surface area (Å²) in [6, 6.07) is 6.06. The van der Waals surface area contributed by atoms with E-state index in [0.717, 1.165) is 5.56 Å². The number of H-pyrrole nitrogens is 1. The van der Waals surface area contributed by atoms with E-state index >= 15 is 0 Å². The van der Waals surface area contributed by atoms with Crippen molar-refractivity contribution in [3.05, 3.63) is 50.5 Å². The summed E-state index contributed by atoms with van der Waals surface area (Å²) in [4.78, 5) is 18.0. The van der Waals surface area contributed by atoms with Gasteiger partial charge in [-0.15, -0.1) is 0 Å². The average molecular weight is 323 g/mol. The van der Waals surface area contributed by atoms with Crippen LogP contribution in [0.3, 0.4) is 0 Å². The first-order chi connectivity index (χ1) is 8.99. The van der Waals surface area contributed by atoms with Gasteiger partial charge in [0.25, 0.3) is 5.56 Å². The summed E-state index contributed by atoms with van der Waals surface area (Å²) in [6.07, 6.45) is 1.32. The number of benzene rings is 1. The van der Waals surface area contributed by atoms with E-state index in [1.807, 2.05) is 19.1 Å². The van der Waals surface area contributed by atoms with Gasteiger partial charge in [-0.1, -0.05) is 26.0 Å². The summed E-state index contributed by atoms with van der Waals surface area (Å²) in [5.41, 5.74) is 1.92. The Morgan fingerprint density at radius 1 is 1.37 bits per heavy atom. The van der Waals surface area contributed by atoms with Crippen molar-refractivity contribution in [2.75, 3.05) is 0 Å². The molecule has 1 aromatic carbocycles. The Labute approximate surface area is 120 Å². The Balaban J connectivity index is 2.40. The second-order valence-corrected chi connectivity index (χ2v) is 5.43. The van der Waals surface area contributed by atoms with Gasteiger partial charge >= 0.3 is 0 Å². The highest BCUT2D eigenvalue weighted by Gasteiger charge is 2.11. The van der Waals surface area contributed by atoms with Crippen LogP contribution in [0.5, 0.6) is 11.6 Å². The van der Waals surface area contributed by atoms with E-state index in [9.17, 15) is 4.79 Å². The minimum absolute atomic E-state index is 0.261. The van der Waals surface area contributed by atoms with Crippen LogP contribution in [0.2, 0.25) is 0 Å². The zero-order valence-electron chi connectivity index (χ0n) is 11.0. The first-order valence-electron chi connectivity index (χ1n) is 6.00. The summed E-state index contributed by atoms with van der Waals surface area (Å²) in [6.45, 7) is 6.20. The van der Waals surface area contributed by atoms with Crippen molar-refractivity contribution in [1.29, 1.82) is 0 Å². The number of hydrogen-bond donors (Lipinski definition) is 1. The van der Waals surface area contributed by atoms with Gasteiger partial charge in [0.05, 0.1) is 6.33 Å². The van der Waals surface area contributed by atoms with Gasteiger partial charge < -0.3 is 9.72 Å². The van der Waals surface area contributed by atoms with Crippen LogP contribution in [0.15, 0.2) is 33.8 Å². The summed E-state index contributed by atoms with van der Waals surface area (Å²) < 4.78 is 6.03. The molecule has 100 valence electrons. The standard InChI is InChI=1S/C14H15BrN2O2/c1-8(2)10-5-4-9(3)11(6-10)19-14-12(15)13(18)16-7-17-14/h4-8H,1-3H3,(H,16,17,18). The number of rotatable bonds is 3. The lowest BCUT2D eigenvalue weighted by Crippen LogP contribution is -2.08. The minimum Gasteiger partial charge on any atom is -0.437 e. The molecule has 0 unspecified atom stereocenters. The van der Waals surface area contributed by atoms with Crippen LogP contribution in [0.25, 0.3) is 0 Å². The van der Waals surface area contributed by atoms with Gasteiger partial charge in [-0.05, 0) is 46.0 Å². The number of nitrogens with one attached hydrogen (secondary N) is 1. The van der Waals surface area contributed by atoms with Crippen LogP contribution < -0.4 is 10.3 Å². The first-order valence-corrected chi connectivity index (χ1v) is 6.80. The van der Waals surface area contributed by atoms with E-state index in [0.29, 0.717) is 16.1 Å². The molecule has 2 aromatic rings. The van der Waals surface area contributed by atoms with Crippen LogP contribution in [0, 0.1) is 6.92 Å². The van der Waals surface area contributed by atoms with Crippen LogP contribution in [-0.4, -0.2) is 9.97 Å². The number of aromatic amines is 1. The van der Waals surface area contributed by atoms with Crippen molar-refractivity contribution < 1.29 is 4.74 Å².